The van der Waals surface area contributed by atoms with Crippen LogP contribution in [0.1, 0.15) is 49.7 Å². The average molecular weight is 264 g/mol. The Labute approximate surface area is 117 Å². The Morgan fingerprint density at radius 1 is 1.32 bits per heavy atom. The van der Waals surface area contributed by atoms with Crippen molar-refractivity contribution in [3.63, 3.8) is 0 Å². The van der Waals surface area contributed by atoms with Gasteiger partial charge < -0.3 is 9.73 Å². The first-order chi connectivity index (χ1) is 9.10. The summed E-state index contributed by atoms with van der Waals surface area (Å²) >= 11 is 0. The van der Waals surface area contributed by atoms with Gasteiger partial charge in [-0.1, -0.05) is 6.92 Å². The molecule has 0 aliphatic heterocycles. The molecule has 1 aromatic heterocycles. The molecule has 1 aliphatic rings. The van der Waals surface area contributed by atoms with Gasteiger partial charge in [0.2, 0.25) is 0 Å². The van der Waals surface area contributed by atoms with Gasteiger partial charge in [0.15, 0.2) is 0 Å². The number of nitrogens with one attached hydrogen (secondary N) is 1. The lowest BCUT2D eigenvalue weighted by Crippen LogP contribution is -2.34. The number of rotatable bonds is 5. The predicted octanol–water partition coefficient (Wildman–Crippen LogP) is 3.32. The van der Waals surface area contributed by atoms with E-state index in [1.54, 1.807) is 0 Å². The molecule has 0 bridgehead atoms. The van der Waals surface area contributed by atoms with E-state index in [0.717, 1.165) is 36.6 Å². The highest BCUT2D eigenvalue weighted by atomic mass is 16.3. The summed E-state index contributed by atoms with van der Waals surface area (Å²) in [5.74, 6) is 3.09. The van der Waals surface area contributed by atoms with Gasteiger partial charge in [-0.15, -0.1) is 0 Å². The molecule has 1 aromatic rings. The van der Waals surface area contributed by atoms with E-state index >= 15 is 0 Å². The van der Waals surface area contributed by atoms with Crippen molar-refractivity contribution >= 4 is 0 Å². The van der Waals surface area contributed by atoms with Gasteiger partial charge in [-0.05, 0) is 64.3 Å². The summed E-state index contributed by atoms with van der Waals surface area (Å²) in [7, 11) is 4.19. The molecule has 1 fully saturated rings. The lowest BCUT2D eigenvalue weighted by Gasteiger charge is -2.33. The Hall–Kier alpha value is -0.800. The summed E-state index contributed by atoms with van der Waals surface area (Å²) in [4.78, 5) is 2.47. The summed E-state index contributed by atoms with van der Waals surface area (Å²) < 4.78 is 5.93. The summed E-state index contributed by atoms with van der Waals surface area (Å²) in [6.45, 7) is 6.25. The molecule has 0 aromatic carbocycles. The molecule has 1 saturated carbocycles. The molecule has 3 nitrogen and oxygen atoms in total. The highest BCUT2D eigenvalue weighted by Gasteiger charge is 2.22. The monoisotopic (exact) mass is 264 g/mol. The van der Waals surface area contributed by atoms with Gasteiger partial charge in [0, 0.05) is 6.04 Å². The van der Waals surface area contributed by atoms with E-state index in [4.69, 9.17) is 4.42 Å². The molecule has 0 unspecified atom stereocenters. The zero-order valence-electron chi connectivity index (χ0n) is 12.8. The Morgan fingerprint density at radius 3 is 2.63 bits per heavy atom. The molecule has 0 radical (unpaired) electrons. The number of nitrogens with zero attached hydrogens (tertiary/aromatic N) is 1. The molecule has 3 heteroatoms. The van der Waals surface area contributed by atoms with Gasteiger partial charge in [0.25, 0.3) is 0 Å². The quantitative estimate of drug-likeness (QED) is 0.884. The SMILES string of the molecule is CNCc1oc(CN(C)C2CCC(C)CC2)cc1C. The first-order valence-electron chi connectivity index (χ1n) is 7.53. The minimum atomic E-state index is 0.731. The molecule has 1 N–H and O–H groups in total. The van der Waals surface area contributed by atoms with E-state index < -0.39 is 0 Å². The van der Waals surface area contributed by atoms with Gasteiger partial charge in [-0.3, -0.25) is 4.90 Å². The van der Waals surface area contributed by atoms with Crippen LogP contribution in [0.5, 0.6) is 0 Å². The summed E-state index contributed by atoms with van der Waals surface area (Å²) in [6.07, 6.45) is 5.41. The van der Waals surface area contributed by atoms with Gasteiger partial charge in [0.05, 0.1) is 13.1 Å². The van der Waals surface area contributed by atoms with E-state index in [-0.39, 0.29) is 0 Å². The van der Waals surface area contributed by atoms with Crippen molar-refractivity contribution < 1.29 is 4.42 Å². The summed E-state index contributed by atoms with van der Waals surface area (Å²) in [5.41, 5.74) is 1.26. The van der Waals surface area contributed by atoms with Crippen LogP contribution in [0.3, 0.4) is 0 Å². The topological polar surface area (TPSA) is 28.4 Å². The van der Waals surface area contributed by atoms with E-state index in [1.165, 1.54) is 31.2 Å². The van der Waals surface area contributed by atoms with E-state index in [9.17, 15) is 0 Å². The summed E-state index contributed by atoms with van der Waals surface area (Å²) in [5, 5.41) is 3.15. The number of hydrogen-bond donors (Lipinski definition) is 1. The maximum atomic E-state index is 5.93. The number of hydrogen-bond acceptors (Lipinski definition) is 3. The normalized spacial score (nSPS) is 24.1. The van der Waals surface area contributed by atoms with Crippen molar-refractivity contribution in [2.75, 3.05) is 14.1 Å². The van der Waals surface area contributed by atoms with Crippen molar-refractivity contribution in [2.45, 2.75) is 58.7 Å². The Morgan fingerprint density at radius 2 is 2.00 bits per heavy atom. The average Bonchev–Trinajstić information content (AvgIpc) is 2.71. The van der Waals surface area contributed by atoms with Crippen LogP contribution < -0.4 is 5.32 Å². The van der Waals surface area contributed by atoms with Crippen LogP contribution in [-0.4, -0.2) is 25.0 Å². The zero-order chi connectivity index (χ0) is 13.8. The maximum absolute atomic E-state index is 5.93. The predicted molar refractivity (Wildman–Crippen MR) is 79.1 cm³/mol. The van der Waals surface area contributed by atoms with Crippen LogP contribution in [0.4, 0.5) is 0 Å². The maximum Gasteiger partial charge on any atom is 0.120 e. The molecule has 1 heterocycles. The van der Waals surface area contributed by atoms with Crippen molar-refractivity contribution in [1.82, 2.24) is 10.2 Å². The van der Waals surface area contributed by atoms with Crippen molar-refractivity contribution in [3.8, 4) is 0 Å². The molecule has 0 amide bonds. The second-order valence-corrected chi connectivity index (χ2v) is 6.18. The number of aryl methyl sites for hydroxylation is 1. The molecule has 108 valence electrons. The van der Waals surface area contributed by atoms with Crippen LogP contribution >= 0.6 is 0 Å². The highest BCUT2D eigenvalue weighted by Crippen LogP contribution is 2.27. The van der Waals surface area contributed by atoms with E-state index in [1.807, 2.05) is 7.05 Å². The van der Waals surface area contributed by atoms with Crippen LogP contribution in [0, 0.1) is 12.8 Å². The largest absolute Gasteiger partial charge is 0.463 e. The molecule has 19 heavy (non-hydrogen) atoms. The molecule has 0 atom stereocenters. The van der Waals surface area contributed by atoms with Gasteiger partial charge in [-0.25, -0.2) is 0 Å². The fourth-order valence-corrected chi connectivity index (χ4v) is 3.06. The van der Waals surface area contributed by atoms with Crippen molar-refractivity contribution in [1.29, 1.82) is 0 Å². The lowest BCUT2D eigenvalue weighted by atomic mass is 9.87. The highest BCUT2D eigenvalue weighted by molar-refractivity contribution is 5.20. The van der Waals surface area contributed by atoms with E-state index in [0.29, 0.717) is 0 Å². The molecular weight excluding hydrogens is 236 g/mol. The Balaban J connectivity index is 1.91. The second-order valence-electron chi connectivity index (χ2n) is 6.18. The molecule has 0 spiro atoms. The van der Waals surface area contributed by atoms with Gasteiger partial charge in [0.1, 0.15) is 11.5 Å². The lowest BCUT2D eigenvalue weighted by molar-refractivity contribution is 0.154. The standard InChI is InChI=1S/C16H28N2O/c1-12-5-7-14(8-6-12)18(4)11-15-9-13(2)16(19-15)10-17-3/h9,12,14,17H,5-8,10-11H2,1-4H3. The Bertz CT molecular complexity index is 391. The minimum Gasteiger partial charge on any atom is -0.463 e. The zero-order valence-corrected chi connectivity index (χ0v) is 12.8. The van der Waals surface area contributed by atoms with Crippen molar-refractivity contribution in [3.05, 3.63) is 23.2 Å². The first-order valence-corrected chi connectivity index (χ1v) is 7.53. The summed E-state index contributed by atoms with van der Waals surface area (Å²) in [6, 6.07) is 2.92. The van der Waals surface area contributed by atoms with Crippen LogP contribution in [0.2, 0.25) is 0 Å². The fourth-order valence-electron chi connectivity index (χ4n) is 3.06. The van der Waals surface area contributed by atoms with Crippen LogP contribution in [0.15, 0.2) is 10.5 Å². The van der Waals surface area contributed by atoms with Crippen LogP contribution in [0.25, 0.3) is 0 Å². The molecule has 2 rings (SSSR count). The third kappa shape index (κ3) is 3.83. The van der Waals surface area contributed by atoms with E-state index in [2.05, 4.69) is 37.2 Å². The first kappa shape index (κ1) is 14.6. The van der Waals surface area contributed by atoms with Gasteiger partial charge in [-0.2, -0.15) is 0 Å². The van der Waals surface area contributed by atoms with Crippen LogP contribution in [-0.2, 0) is 13.1 Å². The van der Waals surface area contributed by atoms with Gasteiger partial charge >= 0.3 is 0 Å². The molecule has 1 aliphatic carbocycles. The number of furan rings is 1. The van der Waals surface area contributed by atoms with Crippen molar-refractivity contribution in [2.24, 2.45) is 5.92 Å². The molecular formula is C16H28N2O. The Kier molecular flexibility index (Phi) is 5.06. The third-order valence-electron chi connectivity index (χ3n) is 4.42. The minimum absolute atomic E-state index is 0.731. The smallest absolute Gasteiger partial charge is 0.120 e. The second kappa shape index (κ2) is 6.58. The molecule has 0 saturated heterocycles. The third-order valence-corrected chi connectivity index (χ3v) is 4.42. The fraction of sp³-hybridized carbons (Fsp3) is 0.750.